The van der Waals surface area contributed by atoms with E-state index in [9.17, 15) is 4.79 Å². The van der Waals surface area contributed by atoms with Crippen LogP contribution in [0.2, 0.25) is 0 Å². The third-order valence-electron chi connectivity index (χ3n) is 4.80. The second kappa shape index (κ2) is 7.77. The molecule has 3 rings (SSSR count). The minimum Gasteiger partial charge on any atom is -0.444 e. The Bertz CT molecular complexity index is 655. The van der Waals surface area contributed by atoms with Crippen LogP contribution in [0.3, 0.4) is 0 Å². The number of amides is 1. The second-order valence-corrected chi connectivity index (χ2v) is 9.31. The highest BCUT2D eigenvalue weighted by molar-refractivity contribution is 9.10. The maximum absolute atomic E-state index is 12.4. The Morgan fingerprint density at radius 3 is 2.65 bits per heavy atom. The number of carbonyl (C=O) groups is 1. The van der Waals surface area contributed by atoms with Crippen LogP contribution in [0.1, 0.15) is 46.1 Å². The maximum atomic E-state index is 12.4. The molecule has 1 atom stereocenters. The summed E-state index contributed by atoms with van der Waals surface area (Å²) in [5, 5.41) is 3.61. The van der Waals surface area contributed by atoms with Crippen molar-refractivity contribution in [1.29, 1.82) is 0 Å². The largest absolute Gasteiger partial charge is 0.444 e. The lowest BCUT2D eigenvalue weighted by Crippen LogP contribution is -2.55. The van der Waals surface area contributed by atoms with Crippen molar-refractivity contribution >= 4 is 27.7 Å². The molecule has 1 saturated carbocycles. The molecule has 0 spiro atoms. The van der Waals surface area contributed by atoms with Gasteiger partial charge in [-0.15, -0.1) is 0 Å². The summed E-state index contributed by atoms with van der Waals surface area (Å²) in [6.45, 7) is 11.0. The van der Waals surface area contributed by atoms with Gasteiger partial charge in [0.15, 0.2) is 0 Å². The van der Waals surface area contributed by atoms with E-state index in [1.807, 2.05) is 25.7 Å². The van der Waals surface area contributed by atoms with Crippen LogP contribution in [-0.2, 0) is 11.3 Å². The Balaban J connectivity index is 1.67. The fourth-order valence-electron chi connectivity index (χ4n) is 3.31. The first kappa shape index (κ1) is 19.5. The molecule has 5 nitrogen and oxygen atoms in total. The van der Waals surface area contributed by atoms with Gasteiger partial charge in [-0.05, 0) is 64.3 Å². The topological polar surface area (TPSA) is 44.8 Å². The summed E-state index contributed by atoms with van der Waals surface area (Å²) >= 11 is 3.60. The number of rotatable bonds is 4. The van der Waals surface area contributed by atoms with E-state index in [4.69, 9.17) is 4.74 Å². The molecule has 1 aromatic carbocycles. The highest BCUT2D eigenvalue weighted by atomic mass is 79.9. The molecular formula is C20H30BrN3O2. The summed E-state index contributed by atoms with van der Waals surface area (Å²) in [6.07, 6.45) is 2.36. The van der Waals surface area contributed by atoms with E-state index in [0.29, 0.717) is 12.6 Å². The number of piperazine rings is 1. The van der Waals surface area contributed by atoms with Crippen LogP contribution < -0.4 is 10.2 Å². The molecule has 1 unspecified atom stereocenters. The number of anilines is 1. The van der Waals surface area contributed by atoms with E-state index < -0.39 is 5.60 Å². The first-order valence-corrected chi connectivity index (χ1v) is 10.3. The molecule has 2 aliphatic rings. The first-order valence-electron chi connectivity index (χ1n) is 9.49. The zero-order valence-corrected chi connectivity index (χ0v) is 17.8. The van der Waals surface area contributed by atoms with Crippen LogP contribution in [-0.4, -0.2) is 48.3 Å². The van der Waals surface area contributed by atoms with Gasteiger partial charge < -0.3 is 19.9 Å². The van der Waals surface area contributed by atoms with Gasteiger partial charge in [-0.3, -0.25) is 0 Å². The Kier molecular flexibility index (Phi) is 5.82. The number of ether oxygens (including phenoxy) is 1. The smallest absolute Gasteiger partial charge is 0.410 e. The van der Waals surface area contributed by atoms with E-state index in [1.165, 1.54) is 24.1 Å². The molecule has 144 valence electrons. The lowest BCUT2D eigenvalue weighted by molar-refractivity contribution is 0.0159. The number of carbonyl (C=O) groups excluding carboxylic acids is 1. The fourth-order valence-corrected chi connectivity index (χ4v) is 3.72. The summed E-state index contributed by atoms with van der Waals surface area (Å²) < 4.78 is 6.66. The zero-order valence-electron chi connectivity index (χ0n) is 16.2. The van der Waals surface area contributed by atoms with Crippen molar-refractivity contribution in [2.75, 3.05) is 24.5 Å². The minimum absolute atomic E-state index is 0.117. The molecule has 1 aromatic rings. The predicted octanol–water partition coefficient (Wildman–Crippen LogP) is 4.15. The minimum atomic E-state index is -0.457. The molecule has 1 saturated heterocycles. The zero-order chi connectivity index (χ0) is 18.9. The highest BCUT2D eigenvalue weighted by Gasteiger charge is 2.31. The lowest BCUT2D eigenvalue weighted by Gasteiger charge is -2.41. The summed E-state index contributed by atoms with van der Waals surface area (Å²) in [5.41, 5.74) is 2.11. The average molecular weight is 424 g/mol. The van der Waals surface area contributed by atoms with E-state index >= 15 is 0 Å². The lowest BCUT2D eigenvalue weighted by atomic mass is 10.1. The van der Waals surface area contributed by atoms with Crippen LogP contribution in [0, 0.1) is 0 Å². The third kappa shape index (κ3) is 5.13. The molecule has 0 radical (unpaired) electrons. The van der Waals surface area contributed by atoms with Gasteiger partial charge in [0.05, 0.1) is 0 Å². The van der Waals surface area contributed by atoms with Crippen molar-refractivity contribution < 1.29 is 9.53 Å². The fraction of sp³-hybridized carbons (Fsp3) is 0.650. The monoisotopic (exact) mass is 423 g/mol. The Hall–Kier alpha value is -1.27. The van der Waals surface area contributed by atoms with Gasteiger partial charge in [0.25, 0.3) is 0 Å². The normalized spacial score (nSPS) is 21.0. The number of hydrogen-bond donors (Lipinski definition) is 1. The van der Waals surface area contributed by atoms with Crippen LogP contribution >= 0.6 is 15.9 Å². The molecule has 1 heterocycles. The average Bonchev–Trinajstić information content (AvgIpc) is 3.35. The highest BCUT2D eigenvalue weighted by Crippen LogP contribution is 2.28. The van der Waals surface area contributed by atoms with Crippen LogP contribution in [0.4, 0.5) is 10.5 Å². The van der Waals surface area contributed by atoms with Crippen molar-refractivity contribution in [2.45, 2.75) is 64.8 Å². The summed E-state index contributed by atoms with van der Waals surface area (Å²) in [6, 6.07) is 7.29. The van der Waals surface area contributed by atoms with Gasteiger partial charge in [0.1, 0.15) is 5.60 Å². The van der Waals surface area contributed by atoms with Crippen molar-refractivity contribution in [2.24, 2.45) is 0 Å². The molecule has 1 amide bonds. The molecule has 0 aromatic heterocycles. The molecule has 1 aliphatic carbocycles. The van der Waals surface area contributed by atoms with Crippen LogP contribution in [0.25, 0.3) is 0 Å². The van der Waals surface area contributed by atoms with Gasteiger partial charge in [0, 0.05) is 48.4 Å². The van der Waals surface area contributed by atoms with E-state index in [-0.39, 0.29) is 12.1 Å². The Morgan fingerprint density at radius 2 is 2.04 bits per heavy atom. The number of nitrogens with one attached hydrogen (secondary N) is 1. The third-order valence-corrected chi connectivity index (χ3v) is 5.29. The Labute approximate surface area is 165 Å². The van der Waals surface area contributed by atoms with E-state index in [1.54, 1.807) is 0 Å². The standard InChI is InChI=1S/C20H30BrN3O2/c1-14-13-23(9-10-24(14)19(25)26-20(2,3)4)18-8-5-16(21)11-15(18)12-22-17-6-7-17/h5,8,11,14,17,22H,6-7,9-10,12-13H2,1-4H3. The first-order chi connectivity index (χ1) is 12.2. The number of nitrogens with zero attached hydrogens (tertiary/aromatic N) is 2. The second-order valence-electron chi connectivity index (χ2n) is 8.40. The molecule has 26 heavy (non-hydrogen) atoms. The van der Waals surface area contributed by atoms with Crippen molar-refractivity contribution in [3.05, 3.63) is 28.2 Å². The van der Waals surface area contributed by atoms with Crippen LogP contribution in [0.5, 0.6) is 0 Å². The quantitative estimate of drug-likeness (QED) is 0.789. The van der Waals surface area contributed by atoms with E-state index in [0.717, 1.165) is 24.1 Å². The number of benzene rings is 1. The van der Waals surface area contributed by atoms with Gasteiger partial charge >= 0.3 is 6.09 Å². The summed E-state index contributed by atoms with van der Waals surface area (Å²) in [7, 11) is 0. The molecular weight excluding hydrogens is 394 g/mol. The Morgan fingerprint density at radius 1 is 1.31 bits per heavy atom. The van der Waals surface area contributed by atoms with Gasteiger partial charge in [-0.1, -0.05) is 15.9 Å². The van der Waals surface area contributed by atoms with Crippen molar-refractivity contribution in [3.8, 4) is 0 Å². The number of halogens is 1. The molecule has 1 aliphatic heterocycles. The van der Waals surface area contributed by atoms with Gasteiger partial charge in [-0.25, -0.2) is 4.79 Å². The summed E-state index contributed by atoms with van der Waals surface area (Å²) in [4.78, 5) is 16.7. The molecule has 2 fully saturated rings. The number of hydrogen-bond acceptors (Lipinski definition) is 4. The summed E-state index contributed by atoms with van der Waals surface area (Å²) in [5.74, 6) is 0. The van der Waals surface area contributed by atoms with Crippen LogP contribution in [0.15, 0.2) is 22.7 Å². The van der Waals surface area contributed by atoms with Crippen molar-refractivity contribution in [3.63, 3.8) is 0 Å². The maximum Gasteiger partial charge on any atom is 0.410 e. The molecule has 1 N–H and O–H groups in total. The van der Waals surface area contributed by atoms with Gasteiger partial charge in [-0.2, -0.15) is 0 Å². The molecule has 0 bridgehead atoms. The SMILES string of the molecule is CC1CN(c2ccc(Br)cc2CNC2CC2)CCN1C(=O)OC(C)(C)C. The van der Waals surface area contributed by atoms with Crippen molar-refractivity contribution in [1.82, 2.24) is 10.2 Å². The molecule has 6 heteroatoms. The van der Waals surface area contributed by atoms with E-state index in [2.05, 4.69) is 51.3 Å². The predicted molar refractivity (Wildman–Crippen MR) is 109 cm³/mol. The van der Waals surface area contributed by atoms with Gasteiger partial charge in [0.2, 0.25) is 0 Å².